The number of rotatable bonds is 8. The fourth-order valence-corrected chi connectivity index (χ4v) is 1.91. The summed E-state index contributed by atoms with van der Waals surface area (Å²) >= 11 is 6.28. The number of halogens is 1. The van der Waals surface area contributed by atoms with Gasteiger partial charge in [-0.2, -0.15) is 0 Å². The Labute approximate surface area is 121 Å². The zero-order valence-electron chi connectivity index (χ0n) is 12.3. The number of hydrogen-bond acceptors (Lipinski definition) is 3. The molecule has 0 heterocycles. The standard InChI is InChI=1S/C15H24ClNO2/c1-5-6-19-15-8-13(16)12(7-14(15)18-4)10-17-9-11(2)3/h7-8,11,17H,5-6,9-10H2,1-4H3. The summed E-state index contributed by atoms with van der Waals surface area (Å²) in [4.78, 5) is 0. The highest BCUT2D eigenvalue weighted by atomic mass is 35.5. The zero-order valence-corrected chi connectivity index (χ0v) is 13.0. The van der Waals surface area contributed by atoms with Crippen LogP contribution in [0.2, 0.25) is 5.02 Å². The second-order valence-electron chi connectivity index (χ2n) is 4.97. The van der Waals surface area contributed by atoms with Gasteiger partial charge < -0.3 is 14.8 Å². The molecule has 0 aliphatic rings. The third kappa shape index (κ3) is 5.29. The molecule has 1 N–H and O–H groups in total. The van der Waals surface area contributed by atoms with Crippen LogP contribution in [0.15, 0.2) is 12.1 Å². The van der Waals surface area contributed by atoms with Crippen molar-refractivity contribution in [2.24, 2.45) is 5.92 Å². The Hall–Kier alpha value is -0.930. The topological polar surface area (TPSA) is 30.5 Å². The highest BCUT2D eigenvalue weighted by Crippen LogP contribution is 2.33. The van der Waals surface area contributed by atoms with Crippen LogP contribution in [0.4, 0.5) is 0 Å². The van der Waals surface area contributed by atoms with E-state index in [1.165, 1.54) is 0 Å². The maximum Gasteiger partial charge on any atom is 0.162 e. The maximum absolute atomic E-state index is 6.28. The van der Waals surface area contributed by atoms with Gasteiger partial charge in [-0.3, -0.25) is 0 Å². The van der Waals surface area contributed by atoms with Crippen molar-refractivity contribution >= 4 is 11.6 Å². The van der Waals surface area contributed by atoms with Crippen LogP contribution in [-0.2, 0) is 6.54 Å². The fourth-order valence-electron chi connectivity index (χ4n) is 1.69. The van der Waals surface area contributed by atoms with Crippen molar-refractivity contribution in [1.29, 1.82) is 0 Å². The van der Waals surface area contributed by atoms with Gasteiger partial charge in [0, 0.05) is 17.6 Å². The molecule has 0 fully saturated rings. The molecule has 108 valence electrons. The minimum atomic E-state index is 0.618. The van der Waals surface area contributed by atoms with Crippen molar-refractivity contribution in [2.45, 2.75) is 33.7 Å². The van der Waals surface area contributed by atoms with E-state index in [0.29, 0.717) is 23.3 Å². The summed E-state index contributed by atoms with van der Waals surface area (Å²) in [6.45, 7) is 8.79. The van der Waals surface area contributed by atoms with Crippen LogP contribution in [0, 0.1) is 5.92 Å². The smallest absolute Gasteiger partial charge is 0.162 e. The molecule has 0 bridgehead atoms. The summed E-state index contributed by atoms with van der Waals surface area (Å²) in [6, 6.07) is 3.78. The molecule has 0 saturated heterocycles. The monoisotopic (exact) mass is 285 g/mol. The predicted octanol–water partition coefficient (Wildman–Crippen LogP) is 3.88. The molecular formula is C15H24ClNO2. The van der Waals surface area contributed by atoms with Crippen LogP contribution in [0.25, 0.3) is 0 Å². The van der Waals surface area contributed by atoms with Gasteiger partial charge in [0.05, 0.1) is 13.7 Å². The van der Waals surface area contributed by atoms with E-state index in [4.69, 9.17) is 21.1 Å². The Kier molecular flexibility index (Phi) is 7.03. The van der Waals surface area contributed by atoms with Gasteiger partial charge in [0.25, 0.3) is 0 Å². The normalized spacial score (nSPS) is 10.8. The second kappa shape index (κ2) is 8.28. The predicted molar refractivity (Wildman–Crippen MR) is 80.3 cm³/mol. The Morgan fingerprint density at radius 3 is 2.58 bits per heavy atom. The summed E-state index contributed by atoms with van der Waals surface area (Å²) in [7, 11) is 1.65. The summed E-state index contributed by atoms with van der Waals surface area (Å²) in [5.74, 6) is 2.06. The van der Waals surface area contributed by atoms with Crippen molar-refractivity contribution in [3.63, 3.8) is 0 Å². The Morgan fingerprint density at radius 1 is 1.26 bits per heavy atom. The van der Waals surface area contributed by atoms with Crippen molar-refractivity contribution < 1.29 is 9.47 Å². The molecule has 0 radical (unpaired) electrons. The van der Waals surface area contributed by atoms with Crippen molar-refractivity contribution in [3.8, 4) is 11.5 Å². The van der Waals surface area contributed by atoms with Crippen LogP contribution in [0.3, 0.4) is 0 Å². The fraction of sp³-hybridized carbons (Fsp3) is 0.600. The Morgan fingerprint density at radius 2 is 2.00 bits per heavy atom. The molecule has 0 unspecified atom stereocenters. The van der Waals surface area contributed by atoms with E-state index in [0.717, 1.165) is 30.8 Å². The average Bonchev–Trinajstić information content (AvgIpc) is 2.38. The average molecular weight is 286 g/mol. The number of benzene rings is 1. The minimum Gasteiger partial charge on any atom is -0.493 e. The third-order valence-electron chi connectivity index (χ3n) is 2.66. The first kappa shape index (κ1) is 16.1. The number of nitrogens with one attached hydrogen (secondary N) is 1. The lowest BCUT2D eigenvalue weighted by atomic mass is 10.1. The number of hydrogen-bond donors (Lipinski definition) is 1. The van der Waals surface area contributed by atoms with E-state index in [2.05, 4.69) is 26.1 Å². The molecule has 0 atom stereocenters. The van der Waals surface area contributed by atoms with Crippen LogP contribution in [0.5, 0.6) is 11.5 Å². The van der Waals surface area contributed by atoms with Gasteiger partial charge in [-0.25, -0.2) is 0 Å². The van der Waals surface area contributed by atoms with E-state index in [-0.39, 0.29) is 0 Å². The van der Waals surface area contributed by atoms with Gasteiger partial charge >= 0.3 is 0 Å². The minimum absolute atomic E-state index is 0.618. The summed E-state index contributed by atoms with van der Waals surface area (Å²) in [5.41, 5.74) is 1.03. The van der Waals surface area contributed by atoms with Crippen LogP contribution >= 0.6 is 11.6 Å². The highest BCUT2D eigenvalue weighted by molar-refractivity contribution is 6.31. The third-order valence-corrected chi connectivity index (χ3v) is 3.01. The van der Waals surface area contributed by atoms with Gasteiger partial charge in [0.2, 0.25) is 0 Å². The Bertz CT molecular complexity index is 394. The van der Waals surface area contributed by atoms with Gasteiger partial charge in [-0.15, -0.1) is 0 Å². The van der Waals surface area contributed by atoms with Gasteiger partial charge in [0.1, 0.15) is 0 Å². The van der Waals surface area contributed by atoms with Gasteiger partial charge in [-0.1, -0.05) is 32.4 Å². The van der Waals surface area contributed by atoms with Crippen LogP contribution in [-0.4, -0.2) is 20.3 Å². The quantitative estimate of drug-likeness (QED) is 0.786. The lowest BCUT2D eigenvalue weighted by molar-refractivity contribution is 0.294. The molecule has 0 amide bonds. The van der Waals surface area contributed by atoms with Crippen molar-refractivity contribution in [2.75, 3.05) is 20.3 Å². The SMILES string of the molecule is CCCOc1cc(Cl)c(CNCC(C)C)cc1OC. The molecule has 0 aromatic heterocycles. The summed E-state index contributed by atoms with van der Waals surface area (Å²) in [6.07, 6.45) is 0.957. The largest absolute Gasteiger partial charge is 0.493 e. The number of ether oxygens (including phenoxy) is 2. The second-order valence-corrected chi connectivity index (χ2v) is 5.37. The summed E-state index contributed by atoms with van der Waals surface area (Å²) < 4.78 is 11.0. The summed E-state index contributed by atoms with van der Waals surface area (Å²) in [5, 5.41) is 4.09. The molecule has 4 heteroatoms. The molecule has 0 aliphatic heterocycles. The van der Waals surface area contributed by atoms with E-state index in [9.17, 15) is 0 Å². The Balaban J connectivity index is 2.77. The molecule has 0 aliphatic carbocycles. The molecule has 3 nitrogen and oxygen atoms in total. The van der Waals surface area contributed by atoms with Crippen molar-refractivity contribution in [3.05, 3.63) is 22.7 Å². The van der Waals surface area contributed by atoms with Crippen molar-refractivity contribution in [1.82, 2.24) is 5.32 Å². The molecule has 1 aromatic rings. The molecule has 19 heavy (non-hydrogen) atoms. The molecule has 0 saturated carbocycles. The first-order chi connectivity index (χ1) is 9.08. The lowest BCUT2D eigenvalue weighted by Gasteiger charge is -2.14. The maximum atomic E-state index is 6.28. The van der Waals surface area contributed by atoms with Crippen LogP contribution in [0.1, 0.15) is 32.8 Å². The highest BCUT2D eigenvalue weighted by Gasteiger charge is 2.10. The first-order valence-electron chi connectivity index (χ1n) is 6.78. The molecule has 1 aromatic carbocycles. The van der Waals surface area contributed by atoms with E-state index in [1.807, 2.05) is 12.1 Å². The van der Waals surface area contributed by atoms with Crippen LogP contribution < -0.4 is 14.8 Å². The van der Waals surface area contributed by atoms with E-state index >= 15 is 0 Å². The molecular weight excluding hydrogens is 262 g/mol. The first-order valence-corrected chi connectivity index (χ1v) is 7.16. The zero-order chi connectivity index (χ0) is 14.3. The lowest BCUT2D eigenvalue weighted by Crippen LogP contribution is -2.19. The number of methoxy groups -OCH3 is 1. The van der Waals surface area contributed by atoms with E-state index in [1.54, 1.807) is 7.11 Å². The molecule has 1 rings (SSSR count). The van der Waals surface area contributed by atoms with Gasteiger partial charge in [0.15, 0.2) is 11.5 Å². The van der Waals surface area contributed by atoms with Gasteiger partial charge in [-0.05, 0) is 30.5 Å². The molecule has 0 spiro atoms. The van der Waals surface area contributed by atoms with E-state index < -0.39 is 0 Å².